The van der Waals surface area contributed by atoms with Crippen LogP contribution in [0.1, 0.15) is 49.3 Å². The Morgan fingerprint density at radius 3 is 2.52 bits per heavy atom. The van der Waals surface area contributed by atoms with E-state index in [0.29, 0.717) is 5.92 Å². The van der Waals surface area contributed by atoms with E-state index in [9.17, 15) is 0 Å². The Morgan fingerprint density at radius 2 is 1.81 bits per heavy atom. The van der Waals surface area contributed by atoms with Crippen LogP contribution in [-0.4, -0.2) is 11.7 Å². The normalized spacial score (nSPS) is 12.4. The molecule has 0 aliphatic carbocycles. The molecular weight excluding hydrogens is 256 g/mol. The lowest BCUT2D eigenvalue weighted by atomic mass is 9.85. The summed E-state index contributed by atoms with van der Waals surface area (Å²) in [6.07, 6.45) is 2.90. The maximum atomic E-state index is 9.12. The molecule has 0 aromatic heterocycles. The van der Waals surface area contributed by atoms with Crippen LogP contribution in [0, 0.1) is 6.92 Å². The van der Waals surface area contributed by atoms with Crippen molar-refractivity contribution in [2.75, 3.05) is 6.61 Å². The van der Waals surface area contributed by atoms with Crippen molar-refractivity contribution < 1.29 is 5.11 Å². The lowest BCUT2D eigenvalue weighted by Gasteiger charge is -2.20. The van der Waals surface area contributed by atoms with Crippen LogP contribution < -0.4 is 0 Å². The summed E-state index contributed by atoms with van der Waals surface area (Å²) in [4.78, 5) is 0. The second-order valence-electron chi connectivity index (χ2n) is 5.83. The molecule has 0 aliphatic heterocycles. The summed E-state index contributed by atoms with van der Waals surface area (Å²) < 4.78 is 0. The molecule has 0 amide bonds. The summed E-state index contributed by atoms with van der Waals surface area (Å²) in [5, 5.41) is 9.12. The van der Waals surface area contributed by atoms with Crippen LogP contribution in [-0.2, 0) is 6.42 Å². The number of aliphatic hydroxyl groups is 1. The van der Waals surface area contributed by atoms with Crippen LogP contribution in [0.3, 0.4) is 0 Å². The van der Waals surface area contributed by atoms with Crippen LogP contribution in [0.15, 0.2) is 42.5 Å². The first-order valence-electron chi connectivity index (χ1n) is 7.97. The predicted molar refractivity (Wildman–Crippen MR) is 90.7 cm³/mol. The van der Waals surface area contributed by atoms with E-state index in [4.69, 9.17) is 5.11 Å². The first-order chi connectivity index (χ1) is 10.2. The molecule has 0 aliphatic rings. The monoisotopic (exact) mass is 282 g/mol. The number of rotatable bonds is 6. The van der Waals surface area contributed by atoms with Gasteiger partial charge in [0.15, 0.2) is 0 Å². The molecule has 1 nitrogen and oxygen atoms in total. The summed E-state index contributed by atoms with van der Waals surface area (Å²) in [6, 6.07) is 15.3. The smallest absolute Gasteiger partial charge is 0.0434 e. The van der Waals surface area contributed by atoms with Crippen molar-refractivity contribution in [1.82, 2.24) is 0 Å². The number of hydrogen-bond acceptors (Lipinski definition) is 1. The van der Waals surface area contributed by atoms with Gasteiger partial charge in [-0.1, -0.05) is 56.3 Å². The largest absolute Gasteiger partial charge is 0.396 e. The zero-order valence-electron chi connectivity index (χ0n) is 13.4. The second kappa shape index (κ2) is 7.42. The first kappa shape index (κ1) is 15.8. The van der Waals surface area contributed by atoms with Gasteiger partial charge in [0.05, 0.1) is 0 Å². The maximum absolute atomic E-state index is 9.12. The van der Waals surface area contributed by atoms with Gasteiger partial charge in [0, 0.05) is 6.61 Å². The van der Waals surface area contributed by atoms with Gasteiger partial charge in [0.1, 0.15) is 0 Å². The summed E-state index contributed by atoms with van der Waals surface area (Å²) in [5.74, 6) is 0.561. The minimum atomic E-state index is 0.250. The molecule has 0 radical (unpaired) electrons. The highest BCUT2D eigenvalue weighted by atomic mass is 16.2. The summed E-state index contributed by atoms with van der Waals surface area (Å²) >= 11 is 0. The minimum Gasteiger partial charge on any atom is -0.396 e. The quantitative estimate of drug-likeness (QED) is 0.781. The minimum absolute atomic E-state index is 0.250. The Labute approximate surface area is 128 Å². The Bertz CT molecular complexity index is 586. The zero-order chi connectivity index (χ0) is 15.2. The van der Waals surface area contributed by atoms with Crippen molar-refractivity contribution >= 4 is 0 Å². The Balaban J connectivity index is 2.56. The molecule has 0 saturated heterocycles. The van der Waals surface area contributed by atoms with Gasteiger partial charge in [-0.3, -0.25) is 0 Å². The average Bonchev–Trinajstić information content (AvgIpc) is 2.52. The fourth-order valence-electron chi connectivity index (χ4n) is 2.94. The van der Waals surface area contributed by atoms with Gasteiger partial charge in [-0.25, -0.2) is 0 Å². The molecule has 0 bridgehead atoms. The van der Waals surface area contributed by atoms with Crippen LogP contribution in [0.25, 0.3) is 11.1 Å². The van der Waals surface area contributed by atoms with Crippen LogP contribution in [0.5, 0.6) is 0 Å². The van der Waals surface area contributed by atoms with E-state index in [1.54, 1.807) is 0 Å². The predicted octanol–water partition coefficient (Wildman–Crippen LogP) is 5.10. The number of hydrogen-bond donors (Lipinski definition) is 1. The molecule has 0 spiro atoms. The molecule has 2 rings (SSSR count). The van der Waals surface area contributed by atoms with Gasteiger partial charge in [-0.05, 0) is 59.9 Å². The molecule has 1 atom stereocenters. The molecule has 1 unspecified atom stereocenters. The lowest BCUT2D eigenvalue weighted by Crippen LogP contribution is -2.00. The van der Waals surface area contributed by atoms with Crippen molar-refractivity contribution in [3.8, 4) is 11.1 Å². The molecule has 0 fully saturated rings. The van der Waals surface area contributed by atoms with E-state index in [-0.39, 0.29) is 6.61 Å². The molecule has 112 valence electrons. The number of benzene rings is 2. The van der Waals surface area contributed by atoms with Gasteiger partial charge in [-0.2, -0.15) is 0 Å². The summed E-state index contributed by atoms with van der Waals surface area (Å²) in [6.45, 7) is 6.99. The zero-order valence-corrected chi connectivity index (χ0v) is 13.4. The standard InChI is InChI=1S/C20H26O/c1-4-15(2)18-13-7-9-16(3)20(18)19-12-6-5-10-17(19)11-8-14-21/h5-7,9-10,12-13,15,21H,4,8,11,14H2,1-3H3. The van der Waals surface area contributed by atoms with Gasteiger partial charge < -0.3 is 5.11 Å². The number of aryl methyl sites for hydroxylation is 2. The molecule has 0 heterocycles. The highest BCUT2D eigenvalue weighted by Gasteiger charge is 2.15. The Morgan fingerprint density at radius 1 is 1.05 bits per heavy atom. The third-order valence-corrected chi connectivity index (χ3v) is 4.34. The van der Waals surface area contributed by atoms with Crippen molar-refractivity contribution in [1.29, 1.82) is 0 Å². The van der Waals surface area contributed by atoms with Gasteiger partial charge in [0.2, 0.25) is 0 Å². The second-order valence-corrected chi connectivity index (χ2v) is 5.83. The van der Waals surface area contributed by atoms with Crippen molar-refractivity contribution in [2.45, 2.75) is 46.0 Å². The molecule has 1 N–H and O–H groups in total. The van der Waals surface area contributed by atoms with Crippen LogP contribution in [0.2, 0.25) is 0 Å². The van der Waals surface area contributed by atoms with E-state index in [1.165, 1.54) is 27.8 Å². The fourth-order valence-corrected chi connectivity index (χ4v) is 2.94. The lowest BCUT2D eigenvalue weighted by molar-refractivity contribution is 0.288. The van der Waals surface area contributed by atoms with Gasteiger partial charge in [-0.15, -0.1) is 0 Å². The van der Waals surface area contributed by atoms with E-state index in [1.807, 2.05) is 0 Å². The topological polar surface area (TPSA) is 20.2 Å². The van der Waals surface area contributed by atoms with E-state index >= 15 is 0 Å². The van der Waals surface area contributed by atoms with Crippen molar-refractivity contribution in [3.05, 3.63) is 59.2 Å². The highest BCUT2D eigenvalue weighted by molar-refractivity contribution is 5.74. The van der Waals surface area contributed by atoms with Crippen LogP contribution >= 0.6 is 0 Å². The molecule has 0 saturated carbocycles. The summed E-state index contributed by atoms with van der Waals surface area (Å²) in [7, 11) is 0. The Hall–Kier alpha value is -1.60. The summed E-state index contributed by atoms with van der Waals surface area (Å²) in [5.41, 5.74) is 6.84. The van der Waals surface area contributed by atoms with E-state index in [2.05, 4.69) is 63.2 Å². The third kappa shape index (κ3) is 3.54. The molecule has 2 aromatic carbocycles. The van der Waals surface area contributed by atoms with Gasteiger partial charge >= 0.3 is 0 Å². The first-order valence-corrected chi connectivity index (χ1v) is 7.97. The molecule has 1 heteroatoms. The highest BCUT2D eigenvalue weighted by Crippen LogP contribution is 2.35. The number of aliphatic hydroxyl groups excluding tert-OH is 1. The average molecular weight is 282 g/mol. The van der Waals surface area contributed by atoms with Crippen molar-refractivity contribution in [2.24, 2.45) is 0 Å². The van der Waals surface area contributed by atoms with E-state index in [0.717, 1.165) is 19.3 Å². The molecule has 2 aromatic rings. The SMILES string of the molecule is CCC(C)c1cccc(C)c1-c1ccccc1CCCO. The van der Waals surface area contributed by atoms with E-state index < -0.39 is 0 Å². The maximum Gasteiger partial charge on any atom is 0.0434 e. The van der Waals surface area contributed by atoms with Crippen molar-refractivity contribution in [3.63, 3.8) is 0 Å². The Kier molecular flexibility index (Phi) is 5.58. The van der Waals surface area contributed by atoms with Crippen LogP contribution in [0.4, 0.5) is 0 Å². The fraction of sp³-hybridized carbons (Fsp3) is 0.400. The molecular formula is C20H26O. The molecule has 21 heavy (non-hydrogen) atoms. The van der Waals surface area contributed by atoms with Gasteiger partial charge in [0.25, 0.3) is 0 Å². The third-order valence-electron chi connectivity index (χ3n) is 4.34.